The topological polar surface area (TPSA) is 41.8 Å². The van der Waals surface area contributed by atoms with E-state index in [0.29, 0.717) is 11.5 Å². The van der Waals surface area contributed by atoms with Gasteiger partial charge in [-0.15, -0.1) is 0 Å². The van der Waals surface area contributed by atoms with Gasteiger partial charge in [-0.3, -0.25) is 4.99 Å². The molecule has 0 fully saturated rings. The molecule has 1 N–H and O–H groups in total. The van der Waals surface area contributed by atoms with Crippen LogP contribution in [0.1, 0.15) is 0 Å². The van der Waals surface area contributed by atoms with Crippen molar-refractivity contribution in [3.8, 4) is 0 Å². The van der Waals surface area contributed by atoms with E-state index in [-0.39, 0.29) is 6.61 Å². The van der Waals surface area contributed by atoms with E-state index >= 15 is 0 Å². The zero-order valence-electron chi connectivity index (χ0n) is 6.87. The fraction of sp³-hybridized carbons (Fsp3) is 0.375. The summed E-state index contributed by atoms with van der Waals surface area (Å²) in [5.41, 5.74) is 0.521. The molecule has 0 atom stereocenters. The summed E-state index contributed by atoms with van der Waals surface area (Å²) in [5.74, 6) is 0.546. The maximum atomic E-state index is 8.77. The molecule has 0 rings (SSSR count). The van der Waals surface area contributed by atoms with Gasteiger partial charge in [-0.2, -0.15) is 0 Å². The predicted octanol–water partition coefficient (Wildman–Crippen LogP) is 0.766. The molecule has 0 spiro atoms. The number of aliphatic hydroxyl groups is 1. The first-order valence-electron chi connectivity index (χ1n) is 3.23. The predicted molar refractivity (Wildman–Crippen MR) is 45.7 cm³/mol. The van der Waals surface area contributed by atoms with Crippen LogP contribution in [0.15, 0.2) is 29.5 Å². The minimum absolute atomic E-state index is 0.121. The number of aliphatic hydroxyl groups excluding tert-OH is 1. The summed E-state index contributed by atoms with van der Waals surface area (Å²) in [7, 11) is 3.12. The fourth-order valence-corrected chi connectivity index (χ4v) is 0.648. The Kier molecular flexibility index (Phi) is 5.11. The Balaban J connectivity index is 4.47. The summed E-state index contributed by atoms with van der Waals surface area (Å²) in [6.45, 7) is 3.39. The van der Waals surface area contributed by atoms with Crippen molar-refractivity contribution in [2.45, 2.75) is 0 Å². The van der Waals surface area contributed by atoms with Crippen LogP contribution in [-0.2, 0) is 4.74 Å². The van der Waals surface area contributed by atoms with E-state index < -0.39 is 0 Å². The number of hydrogen-bond acceptors (Lipinski definition) is 3. The van der Waals surface area contributed by atoms with E-state index in [4.69, 9.17) is 9.84 Å². The van der Waals surface area contributed by atoms with Crippen LogP contribution in [0.3, 0.4) is 0 Å². The highest BCUT2D eigenvalue weighted by Gasteiger charge is 2.02. The molecule has 0 amide bonds. The summed E-state index contributed by atoms with van der Waals surface area (Å²) < 4.78 is 4.93. The lowest BCUT2D eigenvalue weighted by Gasteiger charge is -2.04. The van der Waals surface area contributed by atoms with Gasteiger partial charge in [-0.1, -0.05) is 12.7 Å². The first kappa shape index (κ1) is 9.91. The van der Waals surface area contributed by atoms with Crippen molar-refractivity contribution in [2.75, 3.05) is 20.8 Å². The molecule has 11 heavy (non-hydrogen) atoms. The monoisotopic (exact) mass is 155 g/mol. The number of allylic oxidation sites excluding steroid dienone is 2. The second-order valence-electron chi connectivity index (χ2n) is 1.80. The number of aliphatic imine (C=N–C) groups is 1. The molecule has 0 aliphatic rings. The van der Waals surface area contributed by atoms with Crippen LogP contribution in [0.5, 0.6) is 0 Å². The normalized spacial score (nSPS) is 13.0. The van der Waals surface area contributed by atoms with Crippen molar-refractivity contribution < 1.29 is 9.84 Å². The Morgan fingerprint density at radius 3 is 2.64 bits per heavy atom. The van der Waals surface area contributed by atoms with Gasteiger partial charge in [0.25, 0.3) is 0 Å². The molecule has 0 radical (unpaired) electrons. The van der Waals surface area contributed by atoms with E-state index in [9.17, 15) is 0 Å². The number of methoxy groups -OCH3 is 1. The van der Waals surface area contributed by atoms with E-state index in [0.717, 1.165) is 0 Å². The smallest absolute Gasteiger partial charge is 0.142 e. The number of hydrogen-bond donors (Lipinski definition) is 1. The largest absolute Gasteiger partial charge is 0.495 e. The van der Waals surface area contributed by atoms with Crippen LogP contribution in [-0.4, -0.2) is 31.6 Å². The van der Waals surface area contributed by atoms with E-state index in [1.165, 1.54) is 7.11 Å². The van der Waals surface area contributed by atoms with Crippen LogP contribution in [0.4, 0.5) is 0 Å². The lowest BCUT2D eigenvalue weighted by Crippen LogP contribution is -2.09. The Bertz CT molecular complexity index is 183. The molecule has 0 aliphatic heterocycles. The summed E-state index contributed by atoms with van der Waals surface area (Å²) in [4.78, 5) is 3.82. The van der Waals surface area contributed by atoms with E-state index in [1.54, 1.807) is 19.2 Å². The van der Waals surface area contributed by atoms with Crippen molar-refractivity contribution >= 4 is 5.71 Å². The Morgan fingerprint density at radius 2 is 2.36 bits per heavy atom. The minimum Gasteiger partial charge on any atom is -0.495 e. The molecule has 0 heterocycles. The van der Waals surface area contributed by atoms with Crippen LogP contribution in [0, 0.1) is 0 Å². The third-order valence-electron chi connectivity index (χ3n) is 1.19. The number of nitrogens with zero attached hydrogens (tertiary/aromatic N) is 1. The van der Waals surface area contributed by atoms with Crippen molar-refractivity contribution in [1.82, 2.24) is 0 Å². The van der Waals surface area contributed by atoms with Gasteiger partial charge in [0.1, 0.15) is 11.5 Å². The van der Waals surface area contributed by atoms with Gasteiger partial charge in [0.2, 0.25) is 0 Å². The molecule has 0 aromatic rings. The molecule has 0 aromatic heterocycles. The molecule has 3 heteroatoms. The molecule has 0 aliphatic carbocycles. The standard InChI is InChI=1S/C8H13NO2/c1-4-5-8(11-3)7(6-10)9-2/h4-5,10H,1,6H2,2-3H3/b8-5+,9-7-. The molecule has 0 saturated heterocycles. The molecular formula is C8H13NO2. The van der Waals surface area contributed by atoms with Gasteiger partial charge in [0, 0.05) is 7.05 Å². The average molecular weight is 155 g/mol. The van der Waals surface area contributed by atoms with Crippen molar-refractivity contribution in [3.63, 3.8) is 0 Å². The van der Waals surface area contributed by atoms with Gasteiger partial charge in [-0.05, 0) is 6.08 Å². The summed E-state index contributed by atoms with van der Waals surface area (Å²) in [6, 6.07) is 0. The SMILES string of the molecule is C=C/C=C(OC)\C(CO)=N/C. The Hall–Kier alpha value is -1.09. The summed E-state index contributed by atoms with van der Waals surface area (Å²) >= 11 is 0. The van der Waals surface area contributed by atoms with Gasteiger partial charge in [-0.25, -0.2) is 0 Å². The summed E-state index contributed by atoms with van der Waals surface area (Å²) in [6.07, 6.45) is 3.23. The van der Waals surface area contributed by atoms with Crippen molar-refractivity contribution in [2.24, 2.45) is 4.99 Å². The van der Waals surface area contributed by atoms with Crippen LogP contribution in [0.2, 0.25) is 0 Å². The molecule has 0 bridgehead atoms. The van der Waals surface area contributed by atoms with Crippen LogP contribution >= 0.6 is 0 Å². The first-order chi connectivity index (χ1) is 5.29. The Labute approximate surface area is 66.7 Å². The van der Waals surface area contributed by atoms with Crippen LogP contribution < -0.4 is 0 Å². The third-order valence-corrected chi connectivity index (χ3v) is 1.19. The molecule has 0 saturated carbocycles. The molecular weight excluding hydrogens is 142 g/mol. The lowest BCUT2D eigenvalue weighted by atomic mass is 10.3. The van der Waals surface area contributed by atoms with E-state index in [1.807, 2.05) is 0 Å². The first-order valence-corrected chi connectivity index (χ1v) is 3.23. The number of ether oxygens (including phenoxy) is 1. The zero-order valence-corrected chi connectivity index (χ0v) is 6.87. The van der Waals surface area contributed by atoms with Gasteiger partial charge >= 0.3 is 0 Å². The van der Waals surface area contributed by atoms with Gasteiger partial charge in [0.05, 0.1) is 13.7 Å². The van der Waals surface area contributed by atoms with Crippen LogP contribution in [0.25, 0.3) is 0 Å². The lowest BCUT2D eigenvalue weighted by molar-refractivity contribution is 0.301. The minimum atomic E-state index is -0.121. The highest BCUT2D eigenvalue weighted by atomic mass is 16.5. The zero-order chi connectivity index (χ0) is 8.69. The summed E-state index contributed by atoms with van der Waals surface area (Å²) in [5, 5.41) is 8.77. The van der Waals surface area contributed by atoms with E-state index in [2.05, 4.69) is 11.6 Å². The maximum absolute atomic E-state index is 8.77. The second kappa shape index (κ2) is 5.68. The maximum Gasteiger partial charge on any atom is 0.142 e. The highest BCUT2D eigenvalue weighted by Crippen LogP contribution is 1.98. The second-order valence-corrected chi connectivity index (χ2v) is 1.80. The third kappa shape index (κ3) is 3.00. The Morgan fingerprint density at radius 1 is 1.73 bits per heavy atom. The molecule has 0 aromatic carbocycles. The quantitative estimate of drug-likeness (QED) is 0.370. The fourth-order valence-electron chi connectivity index (χ4n) is 0.648. The molecule has 0 unspecified atom stereocenters. The molecule has 62 valence electrons. The highest BCUT2D eigenvalue weighted by molar-refractivity contribution is 5.99. The average Bonchev–Trinajstić information content (AvgIpc) is 2.05. The van der Waals surface area contributed by atoms with Gasteiger partial charge in [0.15, 0.2) is 0 Å². The van der Waals surface area contributed by atoms with Gasteiger partial charge < -0.3 is 9.84 Å². The number of rotatable bonds is 4. The van der Waals surface area contributed by atoms with Crippen molar-refractivity contribution in [3.05, 3.63) is 24.5 Å². The molecule has 3 nitrogen and oxygen atoms in total. The van der Waals surface area contributed by atoms with Crippen molar-refractivity contribution in [1.29, 1.82) is 0 Å².